The number of carbonyl (C=O) groups is 2. The van der Waals surface area contributed by atoms with Gasteiger partial charge in [-0.2, -0.15) is 0 Å². The molecule has 24 heavy (non-hydrogen) atoms. The Kier molecular flexibility index (Phi) is 6.31. The van der Waals surface area contributed by atoms with Gasteiger partial charge in [0.2, 0.25) is 5.91 Å². The smallest absolute Gasteiger partial charge is 0.271 e. The van der Waals surface area contributed by atoms with Crippen molar-refractivity contribution in [2.45, 2.75) is 26.3 Å². The second-order valence-electron chi connectivity index (χ2n) is 5.25. The first kappa shape index (κ1) is 17.9. The third-order valence-corrected chi connectivity index (χ3v) is 4.26. The number of nitrogens with one attached hydrogen (secondary N) is 2. The Bertz CT molecular complexity index is 697. The number of carbonyl (C=O) groups excluding carboxylic acids is 2. The molecule has 0 spiro atoms. The molecule has 0 aliphatic rings. The Labute approximate surface area is 145 Å². The highest BCUT2D eigenvalue weighted by atomic mass is 32.1. The molecule has 1 heterocycles. The highest BCUT2D eigenvalue weighted by Crippen LogP contribution is 2.25. The molecule has 2 rings (SSSR count). The van der Waals surface area contributed by atoms with Gasteiger partial charge >= 0.3 is 0 Å². The van der Waals surface area contributed by atoms with Gasteiger partial charge in [-0.3, -0.25) is 9.59 Å². The fourth-order valence-electron chi connectivity index (χ4n) is 1.98. The fourth-order valence-corrected chi connectivity index (χ4v) is 2.79. The summed E-state index contributed by atoms with van der Waals surface area (Å²) < 4.78 is 5.12. The number of aromatic nitrogens is 1. The van der Waals surface area contributed by atoms with Crippen LogP contribution in [0.5, 0.6) is 5.75 Å². The Morgan fingerprint density at radius 2 is 2.00 bits per heavy atom. The molecular formula is C17H21N3O3S. The number of nitrogens with zero attached hydrogens (tertiary/aromatic N) is 1. The average Bonchev–Trinajstić information content (AvgIpc) is 3.09. The highest BCUT2D eigenvalue weighted by molar-refractivity contribution is 7.13. The Morgan fingerprint density at radius 1 is 1.29 bits per heavy atom. The minimum Gasteiger partial charge on any atom is -0.497 e. The van der Waals surface area contributed by atoms with Crippen molar-refractivity contribution in [1.82, 2.24) is 15.6 Å². The molecule has 6 nitrogen and oxygen atoms in total. The van der Waals surface area contributed by atoms with Gasteiger partial charge in [-0.05, 0) is 37.6 Å². The van der Waals surface area contributed by atoms with E-state index in [-0.39, 0.29) is 11.8 Å². The molecule has 2 amide bonds. The van der Waals surface area contributed by atoms with Crippen molar-refractivity contribution in [3.8, 4) is 16.3 Å². The fraction of sp³-hybridized carbons (Fsp3) is 0.353. The van der Waals surface area contributed by atoms with Crippen LogP contribution in [0.25, 0.3) is 10.6 Å². The molecular weight excluding hydrogens is 326 g/mol. The van der Waals surface area contributed by atoms with Crippen LogP contribution in [-0.2, 0) is 4.79 Å². The minimum atomic E-state index is -0.602. The molecule has 7 heteroatoms. The van der Waals surface area contributed by atoms with E-state index in [1.807, 2.05) is 31.2 Å². The average molecular weight is 347 g/mol. The predicted molar refractivity (Wildman–Crippen MR) is 94.3 cm³/mol. The van der Waals surface area contributed by atoms with Crippen LogP contribution in [-0.4, -0.2) is 36.5 Å². The van der Waals surface area contributed by atoms with E-state index >= 15 is 0 Å². The SMILES string of the molecule is CCCNC(=O)C(C)NC(=O)c1csc(-c2ccc(OC)cc2)n1. The zero-order valence-corrected chi connectivity index (χ0v) is 14.8. The molecule has 1 unspecified atom stereocenters. The molecule has 0 aliphatic carbocycles. The molecule has 2 aromatic rings. The maximum absolute atomic E-state index is 12.2. The molecule has 1 aromatic carbocycles. The molecule has 0 bridgehead atoms. The lowest BCUT2D eigenvalue weighted by Gasteiger charge is -2.12. The summed E-state index contributed by atoms with van der Waals surface area (Å²) in [6, 6.07) is 6.86. The maximum atomic E-state index is 12.2. The number of benzene rings is 1. The van der Waals surface area contributed by atoms with Gasteiger partial charge in [-0.15, -0.1) is 11.3 Å². The molecule has 0 saturated carbocycles. The van der Waals surface area contributed by atoms with Gasteiger partial charge in [0.25, 0.3) is 5.91 Å². The summed E-state index contributed by atoms with van der Waals surface area (Å²) in [5, 5.41) is 7.84. The van der Waals surface area contributed by atoms with Gasteiger partial charge in [-0.1, -0.05) is 6.92 Å². The van der Waals surface area contributed by atoms with Gasteiger partial charge < -0.3 is 15.4 Å². The zero-order chi connectivity index (χ0) is 17.5. The van der Waals surface area contributed by atoms with Crippen molar-refractivity contribution >= 4 is 23.2 Å². The molecule has 1 aromatic heterocycles. The van der Waals surface area contributed by atoms with Crippen molar-refractivity contribution in [3.05, 3.63) is 35.3 Å². The lowest BCUT2D eigenvalue weighted by Crippen LogP contribution is -2.45. The van der Waals surface area contributed by atoms with Crippen molar-refractivity contribution in [2.75, 3.05) is 13.7 Å². The monoisotopic (exact) mass is 347 g/mol. The van der Waals surface area contributed by atoms with Crippen molar-refractivity contribution in [3.63, 3.8) is 0 Å². The van der Waals surface area contributed by atoms with Crippen LogP contribution in [0.2, 0.25) is 0 Å². The van der Waals surface area contributed by atoms with Crippen LogP contribution in [0.1, 0.15) is 30.8 Å². The van der Waals surface area contributed by atoms with Crippen LogP contribution >= 0.6 is 11.3 Å². The molecule has 0 aliphatic heterocycles. The van der Waals surface area contributed by atoms with Crippen LogP contribution < -0.4 is 15.4 Å². The van der Waals surface area contributed by atoms with E-state index in [1.54, 1.807) is 19.4 Å². The number of hydrogen-bond acceptors (Lipinski definition) is 5. The van der Waals surface area contributed by atoms with Gasteiger partial charge in [0, 0.05) is 17.5 Å². The third kappa shape index (κ3) is 4.55. The van der Waals surface area contributed by atoms with Crippen LogP contribution in [0.4, 0.5) is 0 Å². The lowest BCUT2D eigenvalue weighted by molar-refractivity contribution is -0.122. The normalized spacial score (nSPS) is 11.6. The summed E-state index contributed by atoms with van der Waals surface area (Å²) in [7, 11) is 1.61. The Balaban J connectivity index is 2.01. The van der Waals surface area contributed by atoms with E-state index in [0.717, 1.165) is 22.7 Å². The summed E-state index contributed by atoms with van der Waals surface area (Å²) in [4.78, 5) is 28.4. The number of thiazole rings is 1. The Morgan fingerprint density at radius 3 is 2.62 bits per heavy atom. The van der Waals surface area contributed by atoms with E-state index in [2.05, 4.69) is 15.6 Å². The number of hydrogen-bond donors (Lipinski definition) is 2. The third-order valence-electron chi connectivity index (χ3n) is 3.36. The molecule has 0 fully saturated rings. The van der Waals surface area contributed by atoms with Gasteiger partial charge in [0.1, 0.15) is 22.5 Å². The standard InChI is InChI=1S/C17H21N3O3S/c1-4-9-18-15(21)11(2)19-16(22)14-10-24-17(20-14)12-5-7-13(23-3)8-6-12/h5-8,10-11H,4,9H2,1-3H3,(H,18,21)(H,19,22). The van der Waals surface area contributed by atoms with E-state index in [1.165, 1.54) is 11.3 Å². The van der Waals surface area contributed by atoms with E-state index in [0.29, 0.717) is 12.2 Å². The molecule has 0 saturated heterocycles. The second-order valence-corrected chi connectivity index (χ2v) is 6.11. The number of methoxy groups -OCH3 is 1. The first-order valence-corrected chi connectivity index (χ1v) is 8.61. The number of ether oxygens (including phenoxy) is 1. The van der Waals surface area contributed by atoms with Gasteiger partial charge in [0.05, 0.1) is 7.11 Å². The molecule has 1 atom stereocenters. The maximum Gasteiger partial charge on any atom is 0.271 e. The lowest BCUT2D eigenvalue weighted by atomic mass is 10.2. The molecule has 2 N–H and O–H groups in total. The van der Waals surface area contributed by atoms with E-state index in [4.69, 9.17) is 4.74 Å². The van der Waals surface area contributed by atoms with E-state index in [9.17, 15) is 9.59 Å². The van der Waals surface area contributed by atoms with Crippen molar-refractivity contribution in [2.24, 2.45) is 0 Å². The summed E-state index contributed by atoms with van der Waals surface area (Å²) >= 11 is 1.38. The summed E-state index contributed by atoms with van der Waals surface area (Å²) in [6.07, 6.45) is 0.851. The second kappa shape index (κ2) is 8.44. The molecule has 128 valence electrons. The summed E-state index contributed by atoms with van der Waals surface area (Å²) in [6.45, 7) is 4.22. The van der Waals surface area contributed by atoms with Crippen LogP contribution in [0.15, 0.2) is 29.6 Å². The predicted octanol–water partition coefficient (Wildman–Crippen LogP) is 2.46. The van der Waals surface area contributed by atoms with Gasteiger partial charge in [-0.25, -0.2) is 4.98 Å². The Hall–Kier alpha value is -2.41. The minimum absolute atomic E-state index is 0.198. The van der Waals surface area contributed by atoms with E-state index < -0.39 is 6.04 Å². The highest BCUT2D eigenvalue weighted by Gasteiger charge is 2.18. The van der Waals surface area contributed by atoms with Crippen molar-refractivity contribution < 1.29 is 14.3 Å². The quantitative estimate of drug-likeness (QED) is 0.806. The molecule has 0 radical (unpaired) electrons. The first-order valence-electron chi connectivity index (χ1n) is 7.73. The summed E-state index contributed by atoms with van der Waals surface area (Å²) in [5.74, 6) is 0.209. The number of amides is 2. The largest absolute Gasteiger partial charge is 0.497 e. The van der Waals surface area contributed by atoms with Gasteiger partial charge in [0.15, 0.2) is 0 Å². The first-order chi connectivity index (χ1) is 11.5. The number of rotatable bonds is 7. The van der Waals surface area contributed by atoms with Crippen LogP contribution in [0, 0.1) is 0 Å². The zero-order valence-electron chi connectivity index (χ0n) is 14.0. The van der Waals surface area contributed by atoms with Crippen molar-refractivity contribution in [1.29, 1.82) is 0 Å². The van der Waals surface area contributed by atoms with Crippen LogP contribution in [0.3, 0.4) is 0 Å². The topological polar surface area (TPSA) is 80.3 Å². The summed E-state index contributed by atoms with van der Waals surface area (Å²) in [5.41, 5.74) is 1.22.